The van der Waals surface area contributed by atoms with E-state index in [9.17, 15) is 0 Å². The van der Waals surface area contributed by atoms with Crippen molar-refractivity contribution in [3.05, 3.63) is 29.3 Å². The number of hydrogen-bond donors (Lipinski definition) is 2. The molecule has 0 aliphatic rings. The predicted octanol–water partition coefficient (Wildman–Crippen LogP) is 2.16. The molecule has 0 bridgehead atoms. The zero-order valence-electron chi connectivity index (χ0n) is 8.59. The van der Waals surface area contributed by atoms with Crippen molar-refractivity contribution in [1.29, 1.82) is 0 Å². The van der Waals surface area contributed by atoms with Crippen LogP contribution in [0.25, 0.3) is 0 Å². The molecule has 0 aliphatic carbocycles. The summed E-state index contributed by atoms with van der Waals surface area (Å²) in [6.07, 6.45) is 0.889. The zero-order chi connectivity index (χ0) is 10.1. The molecule has 4 N–H and O–H groups in total. The normalized spacial score (nSPS) is 15.4. The molecule has 0 heterocycles. The fraction of sp³-hybridized carbons (Fsp3) is 0.455. The molecule has 0 amide bonds. The van der Waals surface area contributed by atoms with Crippen LogP contribution in [0.1, 0.15) is 31.4 Å². The van der Waals surface area contributed by atoms with Crippen LogP contribution in [0.15, 0.2) is 18.2 Å². The van der Waals surface area contributed by atoms with E-state index in [4.69, 9.17) is 11.5 Å². The lowest BCUT2D eigenvalue weighted by molar-refractivity contribution is 0.478. The van der Waals surface area contributed by atoms with Gasteiger partial charge in [-0.15, -0.1) is 0 Å². The van der Waals surface area contributed by atoms with E-state index in [0.29, 0.717) is 0 Å². The average Bonchev–Trinajstić information content (AvgIpc) is 2.03. The molecule has 0 fully saturated rings. The fourth-order valence-corrected chi connectivity index (χ4v) is 1.39. The van der Waals surface area contributed by atoms with Crippen molar-refractivity contribution in [3.63, 3.8) is 0 Å². The summed E-state index contributed by atoms with van der Waals surface area (Å²) in [6, 6.07) is 6.04. The molecule has 0 aliphatic heterocycles. The smallest absolute Gasteiger partial charge is 0.0398 e. The van der Waals surface area contributed by atoms with Crippen LogP contribution in [-0.4, -0.2) is 0 Å². The Hall–Kier alpha value is -1.02. The summed E-state index contributed by atoms with van der Waals surface area (Å²) in [5.74, 6) is 0. The summed E-state index contributed by atoms with van der Waals surface area (Å²) in [6.45, 7) is 6.10. The third kappa shape index (κ3) is 2.01. The summed E-state index contributed by atoms with van der Waals surface area (Å²) in [5, 5.41) is 0. The summed E-state index contributed by atoms with van der Waals surface area (Å²) >= 11 is 0. The minimum absolute atomic E-state index is 0.308. The van der Waals surface area contributed by atoms with Crippen molar-refractivity contribution in [1.82, 2.24) is 0 Å². The van der Waals surface area contributed by atoms with E-state index < -0.39 is 0 Å². The van der Waals surface area contributed by atoms with Gasteiger partial charge in [0, 0.05) is 11.2 Å². The van der Waals surface area contributed by atoms with Crippen molar-refractivity contribution in [2.75, 3.05) is 5.73 Å². The Kier molecular flexibility index (Phi) is 2.62. The minimum Gasteiger partial charge on any atom is -0.398 e. The molecule has 13 heavy (non-hydrogen) atoms. The molecule has 1 aromatic carbocycles. The molecule has 2 heteroatoms. The maximum Gasteiger partial charge on any atom is 0.0398 e. The summed E-state index contributed by atoms with van der Waals surface area (Å²) in [4.78, 5) is 0. The average molecular weight is 178 g/mol. The Morgan fingerprint density at radius 3 is 2.46 bits per heavy atom. The number of hydrogen-bond acceptors (Lipinski definition) is 2. The molecular formula is C11H18N2. The third-order valence-corrected chi connectivity index (χ3v) is 2.56. The van der Waals surface area contributed by atoms with E-state index in [1.807, 2.05) is 32.0 Å². The van der Waals surface area contributed by atoms with Crippen molar-refractivity contribution in [2.45, 2.75) is 32.7 Å². The van der Waals surface area contributed by atoms with E-state index in [0.717, 1.165) is 17.7 Å². The predicted molar refractivity (Wildman–Crippen MR) is 57.4 cm³/mol. The second-order valence-electron chi connectivity index (χ2n) is 3.86. The molecule has 1 aromatic rings. The Balaban J connectivity index is 3.16. The lowest BCUT2D eigenvalue weighted by Gasteiger charge is -2.25. The van der Waals surface area contributed by atoms with Crippen molar-refractivity contribution >= 4 is 5.69 Å². The summed E-state index contributed by atoms with van der Waals surface area (Å²) < 4.78 is 0. The minimum atomic E-state index is -0.308. The highest BCUT2D eigenvalue weighted by molar-refractivity contribution is 5.52. The number of nitrogens with two attached hydrogens (primary N) is 2. The number of aryl methyl sites for hydroxylation is 1. The van der Waals surface area contributed by atoms with Crippen molar-refractivity contribution in [3.8, 4) is 0 Å². The standard InChI is InChI=1S/C11H18N2/c1-4-11(3,13)9-6-5-8(2)7-10(9)12/h5-7H,4,12-13H2,1-3H3. The first-order chi connectivity index (χ1) is 5.97. The number of rotatable bonds is 2. The van der Waals surface area contributed by atoms with Gasteiger partial charge in [-0.25, -0.2) is 0 Å². The highest BCUT2D eigenvalue weighted by atomic mass is 14.7. The molecule has 0 saturated heterocycles. The lowest BCUT2D eigenvalue weighted by Crippen LogP contribution is -2.32. The van der Waals surface area contributed by atoms with Crippen LogP contribution in [-0.2, 0) is 5.54 Å². The second-order valence-corrected chi connectivity index (χ2v) is 3.86. The van der Waals surface area contributed by atoms with Gasteiger partial charge in [0.1, 0.15) is 0 Å². The van der Waals surface area contributed by atoms with Crippen LogP contribution >= 0.6 is 0 Å². The molecule has 72 valence electrons. The van der Waals surface area contributed by atoms with Crippen LogP contribution in [0.5, 0.6) is 0 Å². The SMILES string of the molecule is CCC(C)(N)c1ccc(C)cc1N. The van der Waals surface area contributed by atoms with E-state index in [1.165, 1.54) is 5.56 Å². The molecular weight excluding hydrogens is 160 g/mol. The van der Waals surface area contributed by atoms with Gasteiger partial charge >= 0.3 is 0 Å². The lowest BCUT2D eigenvalue weighted by atomic mass is 9.89. The molecule has 1 rings (SSSR count). The van der Waals surface area contributed by atoms with Gasteiger partial charge in [-0.05, 0) is 37.5 Å². The van der Waals surface area contributed by atoms with E-state index in [2.05, 4.69) is 6.92 Å². The van der Waals surface area contributed by atoms with Crippen molar-refractivity contribution < 1.29 is 0 Å². The Labute approximate surface area is 79.9 Å². The van der Waals surface area contributed by atoms with Gasteiger partial charge in [0.05, 0.1) is 0 Å². The Morgan fingerprint density at radius 1 is 1.38 bits per heavy atom. The quantitative estimate of drug-likeness (QED) is 0.682. The Bertz CT molecular complexity index is 303. The van der Waals surface area contributed by atoms with Crippen molar-refractivity contribution in [2.24, 2.45) is 5.73 Å². The molecule has 2 nitrogen and oxygen atoms in total. The van der Waals surface area contributed by atoms with Crippen LogP contribution < -0.4 is 11.5 Å². The number of benzene rings is 1. The number of anilines is 1. The summed E-state index contributed by atoms with van der Waals surface area (Å²) in [7, 11) is 0. The zero-order valence-corrected chi connectivity index (χ0v) is 8.59. The molecule has 0 radical (unpaired) electrons. The van der Waals surface area contributed by atoms with Gasteiger partial charge in [-0.3, -0.25) is 0 Å². The van der Waals surface area contributed by atoms with Crippen LogP contribution in [0.4, 0.5) is 5.69 Å². The first kappa shape index (κ1) is 10.1. The fourth-order valence-electron chi connectivity index (χ4n) is 1.39. The highest BCUT2D eigenvalue weighted by Gasteiger charge is 2.20. The molecule has 1 unspecified atom stereocenters. The first-order valence-corrected chi connectivity index (χ1v) is 4.63. The Morgan fingerprint density at radius 2 is 2.00 bits per heavy atom. The maximum absolute atomic E-state index is 6.11. The molecule has 1 atom stereocenters. The summed E-state index contributed by atoms with van der Waals surface area (Å²) in [5.41, 5.74) is 14.7. The largest absolute Gasteiger partial charge is 0.398 e. The van der Waals surface area contributed by atoms with E-state index in [-0.39, 0.29) is 5.54 Å². The molecule has 0 aromatic heterocycles. The van der Waals surface area contributed by atoms with Gasteiger partial charge < -0.3 is 11.5 Å². The van der Waals surface area contributed by atoms with Gasteiger partial charge in [0.25, 0.3) is 0 Å². The molecule has 0 saturated carbocycles. The van der Waals surface area contributed by atoms with Crippen LogP contribution in [0.2, 0.25) is 0 Å². The monoisotopic (exact) mass is 178 g/mol. The van der Waals surface area contributed by atoms with Gasteiger partial charge in [0.15, 0.2) is 0 Å². The van der Waals surface area contributed by atoms with E-state index >= 15 is 0 Å². The second kappa shape index (κ2) is 3.38. The number of nitrogen functional groups attached to an aromatic ring is 1. The molecule has 0 spiro atoms. The van der Waals surface area contributed by atoms with Gasteiger partial charge in [-0.2, -0.15) is 0 Å². The maximum atomic E-state index is 6.11. The van der Waals surface area contributed by atoms with E-state index in [1.54, 1.807) is 0 Å². The van der Waals surface area contributed by atoms with Crippen LogP contribution in [0.3, 0.4) is 0 Å². The van der Waals surface area contributed by atoms with Crippen LogP contribution in [0, 0.1) is 6.92 Å². The third-order valence-electron chi connectivity index (χ3n) is 2.56. The van der Waals surface area contributed by atoms with Gasteiger partial charge in [0.2, 0.25) is 0 Å². The first-order valence-electron chi connectivity index (χ1n) is 4.63. The topological polar surface area (TPSA) is 52.0 Å². The highest BCUT2D eigenvalue weighted by Crippen LogP contribution is 2.27. The van der Waals surface area contributed by atoms with Gasteiger partial charge in [-0.1, -0.05) is 19.1 Å².